The zero-order valence-corrected chi connectivity index (χ0v) is 11.7. The van der Waals surface area contributed by atoms with Crippen LogP contribution in [0.15, 0.2) is 18.2 Å². The molecular weight excluding hydrogens is 288 g/mol. The van der Waals surface area contributed by atoms with Gasteiger partial charge in [-0.25, -0.2) is 0 Å². The molecule has 7 nitrogen and oxygen atoms in total. The summed E-state index contributed by atoms with van der Waals surface area (Å²) in [6.07, 6.45) is 0.0431. The van der Waals surface area contributed by atoms with E-state index < -0.39 is 16.8 Å². The van der Waals surface area contributed by atoms with Crippen LogP contribution in [-0.2, 0) is 9.53 Å². The second kappa shape index (κ2) is 6.85. The number of hydrogen-bond donors (Lipinski definition) is 0. The summed E-state index contributed by atoms with van der Waals surface area (Å²) >= 11 is 5.74. The van der Waals surface area contributed by atoms with E-state index in [1.807, 2.05) is 0 Å². The van der Waals surface area contributed by atoms with Gasteiger partial charge in [0.05, 0.1) is 18.5 Å². The van der Waals surface area contributed by atoms with E-state index in [1.54, 1.807) is 0 Å². The van der Waals surface area contributed by atoms with Crippen molar-refractivity contribution >= 4 is 29.2 Å². The van der Waals surface area contributed by atoms with Crippen LogP contribution in [0.25, 0.3) is 0 Å². The van der Waals surface area contributed by atoms with Crippen molar-refractivity contribution in [1.29, 1.82) is 0 Å². The third-order valence-electron chi connectivity index (χ3n) is 2.57. The van der Waals surface area contributed by atoms with Gasteiger partial charge in [-0.15, -0.1) is 0 Å². The van der Waals surface area contributed by atoms with E-state index in [-0.39, 0.29) is 29.2 Å². The Morgan fingerprint density at radius 2 is 2.05 bits per heavy atom. The summed E-state index contributed by atoms with van der Waals surface area (Å²) in [5, 5.41) is 10.8. The molecule has 108 valence electrons. The first kappa shape index (κ1) is 15.9. The van der Waals surface area contributed by atoms with Gasteiger partial charge >= 0.3 is 5.97 Å². The Kier molecular flexibility index (Phi) is 5.45. The van der Waals surface area contributed by atoms with Gasteiger partial charge in [-0.2, -0.15) is 0 Å². The summed E-state index contributed by atoms with van der Waals surface area (Å²) in [6, 6.07) is 3.64. The Morgan fingerprint density at radius 1 is 1.40 bits per heavy atom. The molecule has 0 spiro atoms. The maximum Gasteiger partial charge on any atom is 0.307 e. The van der Waals surface area contributed by atoms with E-state index in [1.165, 1.54) is 25.1 Å². The monoisotopic (exact) mass is 300 g/mol. The summed E-state index contributed by atoms with van der Waals surface area (Å²) in [5.41, 5.74) is -0.168. The summed E-state index contributed by atoms with van der Waals surface area (Å²) < 4.78 is 4.47. The Labute approximate surface area is 120 Å². The molecule has 0 N–H and O–H groups in total. The number of nitro benzene ring substituents is 1. The molecule has 1 amide bonds. The van der Waals surface area contributed by atoms with Gasteiger partial charge in [-0.3, -0.25) is 19.7 Å². The lowest BCUT2D eigenvalue weighted by atomic mass is 10.1. The Bertz CT molecular complexity index is 547. The number of rotatable bonds is 5. The highest BCUT2D eigenvalue weighted by Gasteiger charge is 2.17. The molecular formula is C12H13ClN2O5. The van der Waals surface area contributed by atoms with E-state index in [9.17, 15) is 19.7 Å². The van der Waals surface area contributed by atoms with Gasteiger partial charge in [-0.05, 0) is 6.07 Å². The normalized spacial score (nSPS) is 9.95. The predicted octanol–water partition coefficient (Wildman–Crippen LogP) is 1.88. The van der Waals surface area contributed by atoms with Gasteiger partial charge in [0, 0.05) is 36.3 Å². The molecule has 0 aliphatic heterocycles. The molecule has 0 bridgehead atoms. The minimum absolute atomic E-state index is 0.0431. The number of carbonyl (C=O) groups is 2. The maximum atomic E-state index is 12.1. The predicted molar refractivity (Wildman–Crippen MR) is 71.7 cm³/mol. The molecule has 1 aromatic rings. The summed E-state index contributed by atoms with van der Waals surface area (Å²) in [7, 11) is 2.74. The van der Waals surface area contributed by atoms with Crippen LogP contribution in [0.3, 0.4) is 0 Å². The molecule has 0 aliphatic carbocycles. The number of methoxy groups -OCH3 is 1. The van der Waals surface area contributed by atoms with Crippen LogP contribution in [0.5, 0.6) is 0 Å². The van der Waals surface area contributed by atoms with Gasteiger partial charge in [0.1, 0.15) is 0 Å². The van der Waals surface area contributed by atoms with E-state index >= 15 is 0 Å². The fraction of sp³-hybridized carbons (Fsp3) is 0.333. The van der Waals surface area contributed by atoms with Crippen molar-refractivity contribution in [2.75, 3.05) is 20.7 Å². The third-order valence-corrected chi connectivity index (χ3v) is 2.78. The molecule has 1 rings (SSSR count). The Hall–Kier alpha value is -2.15. The molecule has 0 saturated carbocycles. The average Bonchev–Trinajstić information content (AvgIpc) is 2.42. The lowest BCUT2D eigenvalue weighted by molar-refractivity contribution is -0.384. The Balaban J connectivity index is 2.86. The number of nitrogens with zero attached hydrogens (tertiary/aromatic N) is 2. The molecule has 20 heavy (non-hydrogen) atoms. The molecule has 0 unspecified atom stereocenters. The first-order valence-electron chi connectivity index (χ1n) is 5.62. The van der Waals surface area contributed by atoms with Crippen LogP contribution >= 0.6 is 11.6 Å². The van der Waals surface area contributed by atoms with Crippen molar-refractivity contribution in [1.82, 2.24) is 4.90 Å². The highest BCUT2D eigenvalue weighted by Crippen LogP contribution is 2.21. The zero-order valence-electron chi connectivity index (χ0n) is 11.0. The maximum absolute atomic E-state index is 12.1. The number of ether oxygens (including phenoxy) is 1. The van der Waals surface area contributed by atoms with Gasteiger partial charge in [0.2, 0.25) is 0 Å². The van der Waals surface area contributed by atoms with Crippen LogP contribution in [0.1, 0.15) is 16.8 Å². The van der Waals surface area contributed by atoms with E-state index in [2.05, 4.69) is 4.74 Å². The molecule has 0 heterocycles. The molecule has 8 heteroatoms. The largest absolute Gasteiger partial charge is 0.469 e. The quantitative estimate of drug-likeness (QED) is 0.470. The van der Waals surface area contributed by atoms with Crippen LogP contribution in [0, 0.1) is 10.1 Å². The van der Waals surface area contributed by atoms with E-state index in [0.717, 1.165) is 12.1 Å². The second-order valence-electron chi connectivity index (χ2n) is 4.01. The number of amides is 1. The number of benzene rings is 1. The van der Waals surface area contributed by atoms with Crippen molar-refractivity contribution in [3.05, 3.63) is 38.9 Å². The van der Waals surface area contributed by atoms with Crippen LogP contribution in [0.4, 0.5) is 5.69 Å². The lowest BCUT2D eigenvalue weighted by Crippen LogP contribution is -2.29. The highest BCUT2D eigenvalue weighted by molar-refractivity contribution is 6.31. The minimum Gasteiger partial charge on any atom is -0.469 e. The van der Waals surface area contributed by atoms with Crippen molar-refractivity contribution in [2.24, 2.45) is 0 Å². The number of hydrogen-bond acceptors (Lipinski definition) is 5. The SMILES string of the molecule is COC(=O)CCN(C)C(=O)c1cc(Cl)cc([N+](=O)[O-])c1. The van der Waals surface area contributed by atoms with Crippen LogP contribution < -0.4 is 0 Å². The smallest absolute Gasteiger partial charge is 0.307 e. The number of nitro groups is 1. The van der Waals surface area contributed by atoms with Crippen LogP contribution in [0.2, 0.25) is 5.02 Å². The molecule has 1 aromatic carbocycles. The van der Waals surface area contributed by atoms with Gasteiger partial charge < -0.3 is 9.64 Å². The van der Waals surface area contributed by atoms with E-state index in [4.69, 9.17) is 11.6 Å². The molecule has 0 saturated heterocycles. The molecule has 0 aliphatic rings. The first-order valence-corrected chi connectivity index (χ1v) is 6.00. The fourth-order valence-corrected chi connectivity index (χ4v) is 1.72. The molecule has 0 fully saturated rings. The summed E-state index contributed by atoms with van der Waals surface area (Å²) in [6.45, 7) is 0.145. The number of carbonyl (C=O) groups excluding carboxylic acids is 2. The topological polar surface area (TPSA) is 89.8 Å². The minimum atomic E-state index is -0.628. The third kappa shape index (κ3) is 4.20. The average molecular weight is 301 g/mol. The second-order valence-corrected chi connectivity index (χ2v) is 4.44. The number of non-ortho nitro benzene ring substituents is 1. The highest BCUT2D eigenvalue weighted by atomic mass is 35.5. The lowest BCUT2D eigenvalue weighted by Gasteiger charge is -2.16. The zero-order chi connectivity index (χ0) is 15.3. The molecule has 0 aromatic heterocycles. The molecule has 0 atom stereocenters. The standard InChI is InChI=1S/C12H13ClN2O5/c1-14(4-3-11(16)20-2)12(17)8-5-9(13)7-10(6-8)15(18)19/h5-7H,3-4H2,1-2H3. The number of esters is 1. The van der Waals surface area contributed by atoms with Crippen molar-refractivity contribution < 1.29 is 19.2 Å². The van der Waals surface area contributed by atoms with Crippen molar-refractivity contribution in [3.63, 3.8) is 0 Å². The first-order chi connectivity index (χ1) is 9.35. The molecule has 0 radical (unpaired) electrons. The van der Waals surface area contributed by atoms with Gasteiger partial charge in [0.25, 0.3) is 11.6 Å². The summed E-state index contributed by atoms with van der Waals surface area (Å²) in [5.74, 6) is -0.902. The van der Waals surface area contributed by atoms with Crippen LogP contribution in [-0.4, -0.2) is 42.4 Å². The number of halogens is 1. The van der Waals surface area contributed by atoms with Gasteiger partial charge in [0.15, 0.2) is 0 Å². The van der Waals surface area contributed by atoms with Crippen molar-refractivity contribution in [3.8, 4) is 0 Å². The Morgan fingerprint density at radius 3 is 2.60 bits per heavy atom. The van der Waals surface area contributed by atoms with Gasteiger partial charge in [-0.1, -0.05) is 11.6 Å². The fourth-order valence-electron chi connectivity index (χ4n) is 1.49. The van der Waals surface area contributed by atoms with E-state index in [0.29, 0.717) is 0 Å². The summed E-state index contributed by atoms with van der Waals surface area (Å²) in [4.78, 5) is 34.4. The van der Waals surface area contributed by atoms with Crippen molar-refractivity contribution in [2.45, 2.75) is 6.42 Å².